The van der Waals surface area contributed by atoms with Gasteiger partial charge in [0.2, 0.25) is 17.7 Å². The SMILES string of the molecule is CCCC(=O)OCN(C(=O)[C@@H](CC(=O)[C@H]1CCCCN1C)C(C)CC)[C@H](C[C@@H](OC(C)=O)c1nc(C(=O)N[C@@H](Cc2ccc(O)cc2)C[C@H](C)C(=O)NNC(=O)OCCSSCCCC(=O)[C@H](C)NC(=O)[C@H](C)CC(=O)Cc2ccc(CCC(=O)CCCCCCCC(=O)C[C@@H](CCCC(=O)O)C(=O)O)cc2)cs1)C(C)C. The van der Waals surface area contributed by atoms with Crippen molar-refractivity contribution in [2.75, 3.05) is 38.4 Å². The van der Waals surface area contributed by atoms with E-state index >= 15 is 4.79 Å². The number of nitrogens with one attached hydrogen (secondary N) is 4. The average Bonchev–Trinajstić information content (AvgIpc) is 1.22. The summed E-state index contributed by atoms with van der Waals surface area (Å²) in [5.74, 6) is -8.08. The topological polar surface area (TPSA) is 395 Å². The Morgan fingerprint density at radius 3 is 1.98 bits per heavy atom. The highest BCUT2D eigenvalue weighted by Gasteiger charge is 2.40. The van der Waals surface area contributed by atoms with E-state index in [4.69, 9.17) is 19.3 Å². The molecular formula is C82H121N7O20S3. The van der Waals surface area contributed by atoms with E-state index in [0.29, 0.717) is 62.9 Å². The Bertz CT molecular complexity index is 3540. The Kier molecular flexibility index (Phi) is 45.0. The summed E-state index contributed by atoms with van der Waals surface area (Å²) in [6.45, 7) is 16.0. The third kappa shape index (κ3) is 37.2. The van der Waals surface area contributed by atoms with Gasteiger partial charge in [-0.3, -0.25) is 72.7 Å². The van der Waals surface area contributed by atoms with E-state index in [-0.39, 0.29) is 159 Å². The number of carboxylic acid groups (broad SMARTS) is 2. The molecule has 0 aliphatic carbocycles. The fourth-order valence-corrected chi connectivity index (χ4v) is 16.0. The molecule has 0 radical (unpaired) electrons. The standard InChI is InChI=1S/C82H121N7O20S3/c1-11-22-75(99)108-51-89(80(103)67(53(5)12-2)48-72(96)69-26-18-19-39-88(69)10)70(52(3)4)49-73(109-57(9)90)79-85-68(50-110-79)78(102)84-62(45-59-34-37-64(92)38-35-59)43-54(6)77(101)86-87-82(106)107-40-42-112-111-41-21-27-71(95)56(8)83-76(100)55(7)44-66(94)46-60-31-29-58(30-32-60)33-36-63(91)24-16-14-13-15-17-25-65(93)47-61(81(104)105)23-20-28-74(97)98/h29-32,34-35,37-38,50,52-56,61-62,67,69-70,73,92H,11-28,33,36,39-49,51H2,1-10H3,(H,83,100)(H,84,102)(H,86,101)(H,87,106)(H,97,98)(H,104,105)/t53?,54-,55+,56-,61+,62+,67-,69+,70+,73+/m0/s1. The quantitative estimate of drug-likeness (QED) is 0.00689. The van der Waals surface area contributed by atoms with Crippen LogP contribution in [0.3, 0.4) is 0 Å². The number of hydrogen-bond donors (Lipinski definition) is 7. The molecule has 10 atom stereocenters. The number of phenolic OH excluding ortho intramolecular Hbond substituents is 1. The number of Topliss-reactive ketones (excluding diaryl/α,β-unsaturated/α-hetero) is 5. The number of carbonyl (C=O) groups excluding carboxylic acids is 12. The molecule has 4 rings (SSSR count). The zero-order chi connectivity index (χ0) is 82.8. The number of rotatable bonds is 56. The van der Waals surface area contributed by atoms with Gasteiger partial charge in [-0.15, -0.1) is 11.3 Å². The molecule has 0 spiro atoms. The van der Waals surface area contributed by atoms with Gasteiger partial charge in [-0.05, 0) is 132 Å². The molecule has 2 aromatic carbocycles. The highest BCUT2D eigenvalue weighted by molar-refractivity contribution is 8.76. The van der Waals surface area contributed by atoms with Crippen molar-refractivity contribution >= 4 is 115 Å². The molecule has 3 aromatic rings. The summed E-state index contributed by atoms with van der Waals surface area (Å²) < 4.78 is 16.9. The first-order chi connectivity index (χ1) is 53.3. The van der Waals surface area contributed by atoms with Crippen LogP contribution in [0.2, 0.25) is 0 Å². The highest BCUT2D eigenvalue weighted by Crippen LogP contribution is 2.35. The maximum Gasteiger partial charge on any atom is 0.426 e. The number of esters is 2. The smallest absolute Gasteiger partial charge is 0.426 e. The Hall–Kier alpha value is -8.09. The van der Waals surface area contributed by atoms with Crippen LogP contribution in [0.4, 0.5) is 4.79 Å². The molecule has 0 saturated carbocycles. The minimum Gasteiger partial charge on any atom is -0.508 e. The molecular weight excluding hydrogens is 1500 g/mol. The minimum atomic E-state index is -1.09. The second-order valence-electron chi connectivity index (χ2n) is 30.0. The number of thiazole rings is 1. The number of ketones is 5. The van der Waals surface area contributed by atoms with Gasteiger partial charge < -0.3 is 45.1 Å². The number of carboxylic acids is 2. The summed E-state index contributed by atoms with van der Waals surface area (Å²) in [6.07, 6.45) is 8.61. The Morgan fingerprint density at radius 1 is 0.679 bits per heavy atom. The fourth-order valence-electron chi connectivity index (χ4n) is 13.3. The van der Waals surface area contributed by atoms with Crippen molar-refractivity contribution in [1.29, 1.82) is 0 Å². The van der Waals surface area contributed by atoms with Crippen molar-refractivity contribution in [2.24, 2.45) is 35.5 Å². The number of hydrazine groups is 1. The number of piperidine rings is 1. The number of benzene rings is 2. The lowest BCUT2D eigenvalue weighted by atomic mass is 9.82. The molecule has 5 amide bonds. The van der Waals surface area contributed by atoms with Crippen LogP contribution in [0.5, 0.6) is 5.75 Å². The molecule has 0 bridgehead atoms. The second kappa shape index (κ2) is 52.3. The number of aryl methyl sites for hydroxylation is 1. The summed E-state index contributed by atoms with van der Waals surface area (Å²) in [4.78, 5) is 190. The number of likely N-dealkylation sites (N-methyl/N-ethyl adjacent to an activating group) is 1. The van der Waals surface area contributed by atoms with Crippen LogP contribution in [-0.4, -0.2) is 175 Å². The normalized spacial score (nSPS) is 15.3. The van der Waals surface area contributed by atoms with Gasteiger partial charge in [-0.1, -0.05) is 139 Å². The number of aromatic nitrogens is 1. The van der Waals surface area contributed by atoms with Crippen LogP contribution in [0.15, 0.2) is 53.9 Å². The van der Waals surface area contributed by atoms with Gasteiger partial charge in [0, 0.05) is 124 Å². The molecule has 27 nitrogen and oxygen atoms in total. The van der Waals surface area contributed by atoms with Crippen LogP contribution >= 0.6 is 32.9 Å². The Morgan fingerprint density at radius 2 is 1.34 bits per heavy atom. The number of likely N-dealkylation sites (tertiary alicyclic amines) is 1. The van der Waals surface area contributed by atoms with E-state index in [1.165, 1.54) is 50.9 Å². The van der Waals surface area contributed by atoms with Gasteiger partial charge in [0.1, 0.15) is 40.4 Å². The number of unbranched alkanes of at least 4 members (excludes halogenated alkanes) is 4. The first-order valence-corrected chi connectivity index (χ1v) is 42.9. The zero-order valence-corrected chi connectivity index (χ0v) is 69.5. The van der Waals surface area contributed by atoms with Crippen molar-refractivity contribution in [1.82, 2.24) is 36.3 Å². The van der Waals surface area contributed by atoms with Crippen molar-refractivity contribution in [3.63, 3.8) is 0 Å². The summed E-state index contributed by atoms with van der Waals surface area (Å²) in [6, 6.07) is 11.3. The maximum absolute atomic E-state index is 15.1. The molecule has 7 N–H and O–H groups in total. The average molecular weight is 1620 g/mol. The summed E-state index contributed by atoms with van der Waals surface area (Å²) in [5, 5.41) is 35.7. The van der Waals surface area contributed by atoms with Crippen molar-refractivity contribution in [3.8, 4) is 5.75 Å². The number of aromatic hydroxyl groups is 1. The maximum atomic E-state index is 15.1. The van der Waals surface area contributed by atoms with E-state index in [0.717, 1.165) is 73.1 Å². The Balaban J connectivity index is 1.17. The predicted molar refractivity (Wildman–Crippen MR) is 428 cm³/mol. The number of aliphatic carboxylic acids is 2. The number of hydrogen-bond acceptors (Lipinski definition) is 23. The number of nitrogens with zero attached hydrogens (tertiary/aromatic N) is 3. The van der Waals surface area contributed by atoms with Crippen molar-refractivity contribution in [2.45, 2.75) is 266 Å². The fraction of sp³-hybridized carbons (Fsp3) is 0.646. The van der Waals surface area contributed by atoms with Crippen LogP contribution < -0.4 is 21.5 Å². The van der Waals surface area contributed by atoms with Gasteiger partial charge in [0.05, 0.1) is 18.0 Å². The predicted octanol–water partition coefficient (Wildman–Crippen LogP) is 12.4. The lowest BCUT2D eigenvalue weighted by Crippen LogP contribution is -2.50. The molecule has 1 unspecified atom stereocenters. The number of phenols is 1. The van der Waals surface area contributed by atoms with Gasteiger partial charge in [0.15, 0.2) is 24.4 Å². The Labute approximate surface area is 671 Å². The molecule has 112 heavy (non-hydrogen) atoms. The van der Waals surface area contributed by atoms with E-state index in [1.54, 1.807) is 32.9 Å². The number of ether oxygens (including phenoxy) is 3. The summed E-state index contributed by atoms with van der Waals surface area (Å²) in [5.41, 5.74) is 7.08. The van der Waals surface area contributed by atoms with Gasteiger partial charge in [-0.2, -0.15) is 0 Å². The molecule has 1 aliphatic heterocycles. The van der Waals surface area contributed by atoms with Crippen LogP contribution in [-0.2, 0) is 91.0 Å². The largest absolute Gasteiger partial charge is 0.508 e. The molecule has 2 heterocycles. The molecule has 1 aliphatic rings. The van der Waals surface area contributed by atoms with Crippen LogP contribution in [0.1, 0.15) is 255 Å². The third-order valence-corrected chi connectivity index (χ3v) is 23.5. The first kappa shape index (κ1) is 96.3. The van der Waals surface area contributed by atoms with Crippen LogP contribution in [0.25, 0.3) is 0 Å². The monoisotopic (exact) mass is 1620 g/mol. The van der Waals surface area contributed by atoms with E-state index in [1.807, 2.05) is 70.8 Å². The zero-order valence-electron chi connectivity index (χ0n) is 67.0. The third-order valence-electron chi connectivity index (χ3n) is 20.2. The molecule has 622 valence electrons. The molecule has 1 fully saturated rings. The molecule has 1 aromatic heterocycles. The lowest BCUT2D eigenvalue weighted by molar-refractivity contribution is -0.162. The van der Waals surface area contributed by atoms with Gasteiger partial charge in [-0.25, -0.2) is 15.2 Å². The summed E-state index contributed by atoms with van der Waals surface area (Å²) in [7, 11) is 4.81. The highest BCUT2D eigenvalue weighted by atomic mass is 33.1. The van der Waals surface area contributed by atoms with Crippen molar-refractivity contribution in [3.05, 3.63) is 81.3 Å². The van der Waals surface area contributed by atoms with E-state index < -0.39 is 102 Å². The second-order valence-corrected chi connectivity index (χ2v) is 33.5. The first-order valence-electron chi connectivity index (χ1n) is 39.6. The van der Waals surface area contributed by atoms with E-state index in [9.17, 15) is 72.5 Å². The lowest BCUT2D eigenvalue weighted by Gasteiger charge is -2.39. The molecule has 1 saturated heterocycles. The number of carbonyl (C=O) groups is 14. The van der Waals surface area contributed by atoms with Crippen molar-refractivity contribution < 1.29 is 96.7 Å². The van der Waals surface area contributed by atoms with E-state index in [2.05, 4.69) is 26.5 Å². The summed E-state index contributed by atoms with van der Waals surface area (Å²) >= 11 is 1.07. The number of amides is 5. The van der Waals surface area contributed by atoms with Crippen LogP contribution in [0, 0.1) is 35.5 Å². The molecule has 30 heteroatoms. The minimum absolute atomic E-state index is 0.00245. The van der Waals surface area contributed by atoms with Gasteiger partial charge >= 0.3 is 30.0 Å². The van der Waals surface area contributed by atoms with Gasteiger partial charge in [0.25, 0.3) is 5.91 Å².